The summed E-state index contributed by atoms with van der Waals surface area (Å²) in [6.07, 6.45) is 1.22. The van der Waals surface area contributed by atoms with Crippen LogP contribution in [0, 0.1) is 5.41 Å². The third-order valence-corrected chi connectivity index (χ3v) is 5.99. The first-order valence-corrected chi connectivity index (χ1v) is 9.13. The minimum Gasteiger partial charge on any atom is -0.362 e. The third-order valence-electron chi connectivity index (χ3n) is 3.79. The maximum atomic E-state index is 4.85. The first-order chi connectivity index (χ1) is 9.29. The van der Waals surface area contributed by atoms with Gasteiger partial charge in [0.25, 0.3) is 0 Å². The lowest BCUT2D eigenvalue weighted by Crippen LogP contribution is -2.46. The highest BCUT2D eigenvalue weighted by molar-refractivity contribution is 8.13. The van der Waals surface area contributed by atoms with Gasteiger partial charge in [0.15, 0.2) is 5.17 Å². The summed E-state index contributed by atoms with van der Waals surface area (Å²) >= 11 is 3.69. The summed E-state index contributed by atoms with van der Waals surface area (Å²) in [5.41, 5.74) is 0.420. The van der Waals surface area contributed by atoms with Crippen LogP contribution in [0.1, 0.15) is 45.9 Å². The third kappa shape index (κ3) is 4.01. The van der Waals surface area contributed by atoms with Gasteiger partial charge in [0, 0.05) is 22.1 Å². The Balaban J connectivity index is 2.01. The Kier molecular flexibility index (Phi) is 4.85. The highest BCUT2D eigenvalue weighted by Crippen LogP contribution is 2.30. The molecule has 0 amide bonds. The van der Waals surface area contributed by atoms with E-state index in [4.69, 9.17) is 4.99 Å². The highest BCUT2D eigenvalue weighted by Gasteiger charge is 2.29. The average Bonchev–Trinajstić information content (AvgIpc) is 2.90. The molecule has 1 unspecified atom stereocenters. The summed E-state index contributed by atoms with van der Waals surface area (Å²) in [6.45, 7) is 12.3. The van der Waals surface area contributed by atoms with Gasteiger partial charge in [-0.25, -0.2) is 0 Å². The summed E-state index contributed by atoms with van der Waals surface area (Å²) in [5, 5.41) is 6.90. The molecule has 4 heteroatoms. The van der Waals surface area contributed by atoms with E-state index in [-0.39, 0.29) is 5.41 Å². The number of nitrogens with one attached hydrogen (secondary N) is 1. The zero-order valence-corrected chi connectivity index (χ0v) is 14.8. The van der Waals surface area contributed by atoms with Crippen molar-refractivity contribution in [3.8, 4) is 0 Å². The molecule has 2 rings (SSSR count). The quantitative estimate of drug-likeness (QED) is 0.887. The van der Waals surface area contributed by atoms with E-state index in [0.717, 1.165) is 11.7 Å². The van der Waals surface area contributed by atoms with E-state index in [0.29, 0.717) is 11.5 Å². The second kappa shape index (κ2) is 6.10. The molecule has 20 heavy (non-hydrogen) atoms. The zero-order valence-electron chi connectivity index (χ0n) is 13.2. The molecule has 1 atom stereocenters. The molecule has 0 aromatic carbocycles. The fourth-order valence-corrected chi connectivity index (χ4v) is 4.06. The maximum absolute atomic E-state index is 4.85. The number of aliphatic imine (C=N–C) groups is 1. The number of hydrogen-bond acceptors (Lipinski definition) is 3. The summed E-state index contributed by atoms with van der Waals surface area (Å²) in [6, 6.07) is 4.87. The van der Waals surface area contributed by atoms with Crippen molar-refractivity contribution in [2.75, 3.05) is 12.3 Å². The van der Waals surface area contributed by atoms with Gasteiger partial charge in [-0.3, -0.25) is 4.99 Å². The van der Waals surface area contributed by atoms with Gasteiger partial charge in [-0.15, -0.1) is 11.3 Å². The predicted molar refractivity (Wildman–Crippen MR) is 93.1 cm³/mol. The van der Waals surface area contributed by atoms with Crippen molar-refractivity contribution >= 4 is 28.3 Å². The Morgan fingerprint density at radius 3 is 2.65 bits per heavy atom. The van der Waals surface area contributed by atoms with Gasteiger partial charge >= 0.3 is 0 Å². The number of rotatable bonds is 3. The van der Waals surface area contributed by atoms with Gasteiger partial charge in [0.05, 0.1) is 6.54 Å². The SMILES string of the molecule is CC(C)(CN=C1NC(C(C)(C)C)CCS1)c1cccs1. The van der Waals surface area contributed by atoms with Crippen LogP contribution in [0.15, 0.2) is 22.5 Å². The largest absolute Gasteiger partial charge is 0.362 e. The van der Waals surface area contributed by atoms with Crippen LogP contribution in [0.4, 0.5) is 0 Å². The van der Waals surface area contributed by atoms with Crippen LogP contribution in [0.2, 0.25) is 0 Å². The van der Waals surface area contributed by atoms with Crippen LogP contribution in [0.3, 0.4) is 0 Å². The van der Waals surface area contributed by atoms with Crippen molar-refractivity contribution in [1.82, 2.24) is 5.32 Å². The molecule has 2 heterocycles. The number of hydrogen-bond donors (Lipinski definition) is 1. The molecular formula is C16H26N2S2. The normalized spacial score (nSPS) is 22.9. The van der Waals surface area contributed by atoms with Gasteiger partial charge in [-0.2, -0.15) is 0 Å². The van der Waals surface area contributed by atoms with E-state index < -0.39 is 0 Å². The topological polar surface area (TPSA) is 24.4 Å². The lowest BCUT2D eigenvalue weighted by molar-refractivity contribution is 0.290. The van der Waals surface area contributed by atoms with E-state index >= 15 is 0 Å². The molecule has 1 aliphatic rings. The van der Waals surface area contributed by atoms with Crippen molar-refractivity contribution in [2.45, 2.75) is 52.5 Å². The Morgan fingerprint density at radius 1 is 1.30 bits per heavy atom. The van der Waals surface area contributed by atoms with Gasteiger partial charge in [-0.1, -0.05) is 52.4 Å². The number of amidine groups is 1. The van der Waals surface area contributed by atoms with Crippen LogP contribution < -0.4 is 5.32 Å². The van der Waals surface area contributed by atoms with Gasteiger partial charge < -0.3 is 5.32 Å². The predicted octanol–water partition coefficient (Wildman–Crippen LogP) is 4.52. The number of thioether (sulfide) groups is 1. The van der Waals surface area contributed by atoms with Crippen molar-refractivity contribution in [3.05, 3.63) is 22.4 Å². The van der Waals surface area contributed by atoms with Crippen molar-refractivity contribution < 1.29 is 0 Å². The van der Waals surface area contributed by atoms with Gasteiger partial charge in [0.1, 0.15) is 0 Å². The van der Waals surface area contributed by atoms with Crippen LogP contribution in [-0.2, 0) is 5.41 Å². The molecule has 112 valence electrons. The molecule has 1 fully saturated rings. The number of nitrogens with zero attached hydrogens (tertiary/aromatic N) is 1. The van der Waals surface area contributed by atoms with E-state index in [9.17, 15) is 0 Å². The lowest BCUT2D eigenvalue weighted by Gasteiger charge is -2.36. The Morgan fingerprint density at radius 2 is 2.05 bits per heavy atom. The molecule has 0 spiro atoms. The lowest BCUT2D eigenvalue weighted by atomic mass is 9.85. The molecule has 1 aromatic heterocycles. The first kappa shape index (κ1) is 15.9. The van der Waals surface area contributed by atoms with E-state index in [1.165, 1.54) is 17.1 Å². The molecule has 1 saturated heterocycles. The van der Waals surface area contributed by atoms with Gasteiger partial charge in [-0.05, 0) is 23.3 Å². The van der Waals surface area contributed by atoms with E-state index in [2.05, 4.69) is 57.4 Å². The molecule has 1 aromatic rings. The summed E-state index contributed by atoms with van der Waals surface area (Å²) in [7, 11) is 0. The average molecular weight is 311 g/mol. The number of thiophene rings is 1. The molecule has 2 nitrogen and oxygen atoms in total. The fourth-order valence-electron chi connectivity index (χ4n) is 2.29. The Labute approximate surface area is 131 Å². The van der Waals surface area contributed by atoms with Crippen molar-refractivity contribution in [2.24, 2.45) is 10.4 Å². The molecule has 0 bridgehead atoms. The zero-order chi connectivity index (χ0) is 14.8. The molecule has 1 N–H and O–H groups in total. The smallest absolute Gasteiger partial charge is 0.156 e. The van der Waals surface area contributed by atoms with Crippen LogP contribution in [-0.4, -0.2) is 23.5 Å². The highest BCUT2D eigenvalue weighted by atomic mass is 32.2. The molecule has 0 aliphatic carbocycles. The van der Waals surface area contributed by atoms with Crippen LogP contribution in [0.5, 0.6) is 0 Å². The standard InChI is InChI=1S/C16H26N2S2/c1-15(2,3)12-8-10-20-14(18-12)17-11-16(4,5)13-7-6-9-19-13/h6-7,9,12H,8,10-11H2,1-5H3,(H,17,18). The second-order valence-corrected chi connectivity index (χ2v) is 9.21. The molecule has 0 radical (unpaired) electrons. The fraction of sp³-hybridized carbons (Fsp3) is 0.688. The van der Waals surface area contributed by atoms with Crippen molar-refractivity contribution in [3.63, 3.8) is 0 Å². The maximum Gasteiger partial charge on any atom is 0.156 e. The molecule has 0 saturated carbocycles. The Bertz CT molecular complexity index is 455. The second-order valence-electron chi connectivity index (χ2n) is 7.18. The van der Waals surface area contributed by atoms with E-state index in [1.807, 2.05) is 23.1 Å². The summed E-state index contributed by atoms with van der Waals surface area (Å²) < 4.78 is 0. The van der Waals surface area contributed by atoms with E-state index in [1.54, 1.807) is 0 Å². The Hall–Kier alpha value is -0.480. The van der Waals surface area contributed by atoms with Crippen molar-refractivity contribution in [1.29, 1.82) is 0 Å². The first-order valence-electron chi connectivity index (χ1n) is 7.27. The minimum atomic E-state index is 0.123. The minimum absolute atomic E-state index is 0.123. The van der Waals surface area contributed by atoms with Crippen LogP contribution in [0.25, 0.3) is 0 Å². The van der Waals surface area contributed by atoms with Gasteiger partial charge in [0.2, 0.25) is 0 Å². The van der Waals surface area contributed by atoms with Crippen LogP contribution >= 0.6 is 23.1 Å². The monoisotopic (exact) mass is 310 g/mol. The molecule has 1 aliphatic heterocycles. The summed E-state index contributed by atoms with van der Waals surface area (Å²) in [5.74, 6) is 1.17. The summed E-state index contributed by atoms with van der Waals surface area (Å²) in [4.78, 5) is 6.26. The molecular weight excluding hydrogens is 284 g/mol.